The molecule has 0 saturated carbocycles. The van der Waals surface area contributed by atoms with Crippen molar-refractivity contribution in [3.8, 4) is 55.6 Å². The van der Waals surface area contributed by atoms with E-state index in [1.165, 1.54) is 33.4 Å². The summed E-state index contributed by atoms with van der Waals surface area (Å²) in [4.78, 5) is 9.36. The average Bonchev–Trinajstić information content (AvgIpc) is 0.840. The van der Waals surface area contributed by atoms with Crippen LogP contribution in [0, 0.1) is 0 Å². The Morgan fingerprint density at radius 3 is 0.532 bits per heavy atom. The van der Waals surface area contributed by atoms with Gasteiger partial charge in [0, 0.05) is 68.2 Å². The highest BCUT2D eigenvalue weighted by atomic mass is 15.2. The van der Waals surface area contributed by atoms with Gasteiger partial charge in [0.1, 0.15) is 0 Å². The smallest absolute Gasteiger partial charge is 0.0462 e. The Kier molecular flexibility index (Phi) is 17.2. The van der Waals surface area contributed by atoms with Gasteiger partial charge in [-0.05, 0) is 224 Å². The molecule has 0 aromatic heterocycles. The predicted octanol–water partition coefficient (Wildman–Crippen LogP) is 25.8. The molecular formula is C90H74N4. The van der Waals surface area contributed by atoms with E-state index in [0.29, 0.717) is 0 Å². The van der Waals surface area contributed by atoms with Crippen molar-refractivity contribution in [1.29, 1.82) is 0 Å². The fourth-order valence-corrected chi connectivity index (χ4v) is 12.6. The number of benzene rings is 14. The molecule has 14 aromatic rings. The van der Waals surface area contributed by atoms with Crippen molar-refractivity contribution in [3.05, 3.63) is 375 Å². The van der Waals surface area contributed by atoms with E-state index in [4.69, 9.17) is 0 Å². The molecule has 0 aliphatic rings. The maximum absolute atomic E-state index is 2.36. The van der Waals surface area contributed by atoms with Crippen molar-refractivity contribution in [2.45, 2.75) is 39.5 Å². The molecule has 0 radical (unpaired) electrons. The van der Waals surface area contributed by atoms with Gasteiger partial charge in [0.05, 0.1) is 0 Å². The molecule has 0 aliphatic heterocycles. The first-order chi connectivity index (χ1) is 46.2. The van der Waals surface area contributed by atoms with Gasteiger partial charge in [-0.25, -0.2) is 0 Å². The van der Waals surface area contributed by atoms with Gasteiger partial charge < -0.3 is 19.6 Å². The van der Waals surface area contributed by atoms with Crippen LogP contribution in [0.4, 0.5) is 68.2 Å². The number of hydrogen-bond acceptors (Lipinski definition) is 4. The fourth-order valence-electron chi connectivity index (χ4n) is 12.6. The second-order valence-corrected chi connectivity index (χ2v) is 24.9. The van der Waals surface area contributed by atoms with Crippen LogP contribution >= 0.6 is 0 Å². The highest BCUT2D eigenvalue weighted by Gasteiger charge is 2.20. The van der Waals surface area contributed by atoms with Gasteiger partial charge in [0.2, 0.25) is 0 Å². The lowest BCUT2D eigenvalue weighted by Gasteiger charge is -2.27. The van der Waals surface area contributed by atoms with Crippen LogP contribution in [-0.4, -0.2) is 0 Å². The third kappa shape index (κ3) is 13.1. The van der Waals surface area contributed by atoms with Gasteiger partial charge in [-0.2, -0.15) is 0 Å². The molecule has 0 N–H and O–H groups in total. The number of hydrogen-bond donors (Lipinski definition) is 0. The Labute approximate surface area is 554 Å². The minimum atomic E-state index is 0.0317. The van der Waals surface area contributed by atoms with E-state index < -0.39 is 0 Å². The Balaban J connectivity index is 0.711. The molecule has 14 rings (SSSR count). The van der Waals surface area contributed by atoms with Crippen molar-refractivity contribution < 1.29 is 0 Å². The Morgan fingerprint density at radius 1 is 0.181 bits per heavy atom. The molecule has 0 bridgehead atoms. The van der Waals surface area contributed by atoms with E-state index in [1.807, 2.05) is 0 Å². The molecule has 4 nitrogen and oxygen atoms in total. The van der Waals surface area contributed by atoms with Crippen LogP contribution < -0.4 is 19.6 Å². The van der Waals surface area contributed by atoms with Crippen LogP contribution in [-0.2, 0) is 11.8 Å². The summed E-state index contributed by atoms with van der Waals surface area (Å²) in [5.74, 6) is 0. The maximum Gasteiger partial charge on any atom is 0.0462 e. The van der Waals surface area contributed by atoms with E-state index in [0.717, 1.165) is 108 Å². The fraction of sp³-hybridized carbons (Fsp3) is 0.0667. The highest BCUT2D eigenvalue weighted by molar-refractivity contribution is 5.86. The lowest BCUT2D eigenvalue weighted by atomic mass is 9.87. The third-order valence-corrected chi connectivity index (χ3v) is 17.8. The van der Waals surface area contributed by atoms with Gasteiger partial charge in [0.25, 0.3) is 0 Å². The molecule has 14 aromatic carbocycles. The number of nitrogens with zero attached hydrogens (tertiary/aromatic N) is 4. The van der Waals surface area contributed by atoms with Crippen LogP contribution in [0.1, 0.15) is 38.8 Å². The summed E-state index contributed by atoms with van der Waals surface area (Å²) in [6.45, 7) is 9.02. The first-order valence-corrected chi connectivity index (χ1v) is 32.6. The van der Waals surface area contributed by atoms with Crippen LogP contribution in [0.15, 0.2) is 364 Å². The lowest BCUT2D eigenvalue weighted by molar-refractivity contribution is 0.590. The summed E-state index contributed by atoms with van der Waals surface area (Å²) >= 11 is 0. The van der Waals surface area contributed by atoms with E-state index in [-0.39, 0.29) is 5.41 Å². The van der Waals surface area contributed by atoms with Crippen LogP contribution in [0.25, 0.3) is 55.6 Å². The quantitative estimate of drug-likeness (QED) is 0.0849. The normalized spacial score (nSPS) is 11.2. The highest BCUT2D eigenvalue weighted by Crippen LogP contribution is 2.43. The Morgan fingerprint density at radius 2 is 0.340 bits per heavy atom. The van der Waals surface area contributed by atoms with E-state index in [2.05, 4.69) is 411 Å². The standard InChI is InChI=1S/C90H74N4/c1-5-66-26-46-80(47-27-66)93(85-56-36-73(37-57-85)71-32-52-83(53-33-71)91(78-22-14-8-15-23-78)81-48-28-69(29-49-81)67-18-10-6-11-19-67)86-58-38-74(39-59-86)76-42-62-88(63-43-76)94(89-64-44-77(45-65-89)90(2,3)4)87-60-40-75(41-61-87)72-34-54-84(55-35-72)92(79-24-16-9-17-25-79)82-50-30-70(31-51-82)68-20-12-7-13-21-68/h6-65H,5H2,1-4H3. The van der Waals surface area contributed by atoms with E-state index >= 15 is 0 Å². The third-order valence-electron chi connectivity index (χ3n) is 17.8. The maximum atomic E-state index is 2.36. The van der Waals surface area contributed by atoms with Crippen molar-refractivity contribution in [3.63, 3.8) is 0 Å². The second-order valence-electron chi connectivity index (χ2n) is 24.9. The van der Waals surface area contributed by atoms with Gasteiger partial charge in [0.15, 0.2) is 0 Å². The second kappa shape index (κ2) is 27.0. The van der Waals surface area contributed by atoms with Crippen molar-refractivity contribution in [1.82, 2.24) is 0 Å². The van der Waals surface area contributed by atoms with Crippen molar-refractivity contribution in [2.75, 3.05) is 19.6 Å². The number of para-hydroxylation sites is 2. The minimum absolute atomic E-state index is 0.0317. The molecule has 0 unspecified atom stereocenters. The van der Waals surface area contributed by atoms with Crippen molar-refractivity contribution in [2.24, 2.45) is 0 Å². The summed E-state index contributed by atoms with van der Waals surface area (Å²) < 4.78 is 0. The number of rotatable bonds is 18. The molecule has 0 fully saturated rings. The van der Waals surface area contributed by atoms with Crippen LogP contribution in [0.3, 0.4) is 0 Å². The molecule has 0 spiro atoms. The SMILES string of the molecule is CCc1ccc(N(c2ccc(-c3ccc(N(c4ccccc4)c4ccc(-c5ccccc5)cc4)cc3)cc2)c2ccc(-c3ccc(N(c4ccc(-c5ccc(N(c6ccccc6)c6ccc(-c7ccccc7)cc6)cc5)cc4)c4ccc(C(C)(C)C)cc4)cc3)cc2)cc1. The molecule has 0 aliphatic carbocycles. The first-order valence-electron chi connectivity index (χ1n) is 32.6. The minimum Gasteiger partial charge on any atom is -0.311 e. The zero-order chi connectivity index (χ0) is 63.8. The summed E-state index contributed by atoms with van der Waals surface area (Å²) in [6, 6.07) is 132. The van der Waals surface area contributed by atoms with E-state index in [9.17, 15) is 0 Å². The molecule has 0 amide bonds. The monoisotopic (exact) mass is 1210 g/mol. The van der Waals surface area contributed by atoms with Gasteiger partial charge in [-0.1, -0.05) is 246 Å². The average molecular weight is 1210 g/mol. The van der Waals surface area contributed by atoms with Gasteiger partial charge in [-0.3, -0.25) is 0 Å². The molecular weight excluding hydrogens is 1140 g/mol. The van der Waals surface area contributed by atoms with Gasteiger partial charge in [-0.15, -0.1) is 0 Å². The Hall–Kier alpha value is -11.7. The van der Waals surface area contributed by atoms with Crippen molar-refractivity contribution >= 4 is 68.2 Å². The number of anilines is 12. The van der Waals surface area contributed by atoms with Gasteiger partial charge >= 0.3 is 0 Å². The predicted molar refractivity (Wildman–Crippen MR) is 400 cm³/mol. The molecule has 0 heterocycles. The summed E-state index contributed by atoms with van der Waals surface area (Å²) in [5, 5.41) is 0. The molecule has 94 heavy (non-hydrogen) atoms. The molecule has 454 valence electrons. The lowest BCUT2D eigenvalue weighted by Crippen LogP contribution is -2.13. The Bertz CT molecular complexity index is 4730. The zero-order valence-corrected chi connectivity index (χ0v) is 53.6. The first kappa shape index (κ1) is 59.9. The number of aryl methyl sites for hydroxylation is 1. The largest absolute Gasteiger partial charge is 0.311 e. The zero-order valence-electron chi connectivity index (χ0n) is 53.6. The molecule has 4 heteroatoms. The summed E-state index contributed by atoms with van der Waals surface area (Å²) in [5.41, 5.74) is 27.5. The summed E-state index contributed by atoms with van der Waals surface area (Å²) in [7, 11) is 0. The molecule has 0 saturated heterocycles. The summed E-state index contributed by atoms with van der Waals surface area (Å²) in [6.07, 6.45) is 0.983. The van der Waals surface area contributed by atoms with Crippen LogP contribution in [0.5, 0.6) is 0 Å². The van der Waals surface area contributed by atoms with E-state index in [1.54, 1.807) is 0 Å². The van der Waals surface area contributed by atoms with Crippen LogP contribution in [0.2, 0.25) is 0 Å². The topological polar surface area (TPSA) is 13.0 Å². The molecule has 0 atom stereocenters.